The molecular weight excluding hydrogens is 272 g/mol. The summed E-state index contributed by atoms with van der Waals surface area (Å²) in [5.74, 6) is -1.26. The van der Waals surface area contributed by atoms with Crippen molar-refractivity contribution in [1.82, 2.24) is 0 Å². The van der Waals surface area contributed by atoms with E-state index in [-0.39, 0.29) is 13.2 Å². The van der Waals surface area contributed by atoms with Gasteiger partial charge in [-0.1, -0.05) is 11.6 Å². The summed E-state index contributed by atoms with van der Waals surface area (Å²) >= 11 is 5.82. The van der Waals surface area contributed by atoms with Gasteiger partial charge in [-0.15, -0.1) is 0 Å². The van der Waals surface area contributed by atoms with Crippen LogP contribution in [-0.4, -0.2) is 30.3 Å². The third-order valence-electron chi connectivity index (χ3n) is 2.03. The van der Waals surface area contributed by atoms with E-state index in [1.165, 1.54) is 12.1 Å². The van der Waals surface area contributed by atoms with Gasteiger partial charge < -0.3 is 14.6 Å². The Hall–Kier alpha value is -2.01. The minimum atomic E-state index is -1.08. The van der Waals surface area contributed by atoms with E-state index in [2.05, 4.69) is 0 Å². The Morgan fingerprint density at radius 3 is 2.79 bits per heavy atom. The lowest BCUT2D eigenvalue weighted by Crippen LogP contribution is -2.14. The number of benzene rings is 1. The number of aliphatic carboxylic acids is 1. The average molecular weight is 285 g/mol. The smallest absolute Gasteiger partial charge is 0.344 e. The van der Waals surface area contributed by atoms with Crippen molar-refractivity contribution < 1.29 is 24.2 Å². The summed E-state index contributed by atoms with van der Waals surface area (Å²) in [6.07, 6.45) is 2.33. The van der Waals surface area contributed by atoms with Gasteiger partial charge in [0.05, 0.1) is 6.61 Å². The number of esters is 1. The Labute approximate surface area is 115 Å². The first-order valence-corrected chi connectivity index (χ1v) is 5.89. The minimum Gasteiger partial charge on any atom is -0.481 e. The molecule has 0 aliphatic carbocycles. The van der Waals surface area contributed by atoms with E-state index in [0.29, 0.717) is 16.3 Å². The van der Waals surface area contributed by atoms with Crippen molar-refractivity contribution in [3.63, 3.8) is 0 Å². The summed E-state index contributed by atoms with van der Waals surface area (Å²) in [6, 6.07) is 4.70. The van der Waals surface area contributed by atoms with E-state index in [0.717, 1.165) is 6.08 Å². The van der Waals surface area contributed by atoms with Crippen molar-refractivity contribution in [2.75, 3.05) is 13.2 Å². The highest BCUT2D eigenvalue weighted by molar-refractivity contribution is 6.30. The zero-order valence-corrected chi connectivity index (χ0v) is 11.0. The van der Waals surface area contributed by atoms with E-state index in [9.17, 15) is 9.59 Å². The zero-order valence-electron chi connectivity index (χ0n) is 10.3. The zero-order chi connectivity index (χ0) is 14.3. The lowest BCUT2D eigenvalue weighted by Gasteiger charge is -2.09. The number of halogens is 1. The maximum atomic E-state index is 11.2. The molecule has 0 unspecified atom stereocenters. The summed E-state index contributed by atoms with van der Waals surface area (Å²) in [5.41, 5.74) is 0.510. The Kier molecular flexibility index (Phi) is 5.89. The third-order valence-corrected chi connectivity index (χ3v) is 2.27. The number of hydrogen-bond donors (Lipinski definition) is 1. The quantitative estimate of drug-likeness (QED) is 0.641. The summed E-state index contributed by atoms with van der Waals surface area (Å²) in [5, 5.41) is 9.00. The Morgan fingerprint density at radius 1 is 1.42 bits per heavy atom. The molecule has 5 nitrogen and oxygen atoms in total. The van der Waals surface area contributed by atoms with E-state index in [1.54, 1.807) is 19.1 Å². The van der Waals surface area contributed by atoms with E-state index >= 15 is 0 Å². The van der Waals surface area contributed by atoms with Gasteiger partial charge >= 0.3 is 11.9 Å². The molecule has 0 aliphatic heterocycles. The molecule has 1 rings (SSSR count). The van der Waals surface area contributed by atoms with Crippen molar-refractivity contribution in [2.24, 2.45) is 0 Å². The summed E-state index contributed by atoms with van der Waals surface area (Å²) in [4.78, 5) is 21.7. The molecule has 0 radical (unpaired) electrons. The number of rotatable bonds is 6. The summed E-state index contributed by atoms with van der Waals surface area (Å²) in [7, 11) is 0. The van der Waals surface area contributed by atoms with Gasteiger partial charge in [0.2, 0.25) is 0 Å². The first-order valence-electron chi connectivity index (χ1n) is 5.52. The van der Waals surface area contributed by atoms with Crippen LogP contribution >= 0.6 is 11.6 Å². The predicted molar refractivity (Wildman–Crippen MR) is 70.2 cm³/mol. The second-order valence-electron chi connectivity index (χ2n) is 3.45. The van der Waals surface area contributed by atoms with Crippen molar-refractivity contribution in [3.8, 4) is 5.75 Å². The number of carbonyl (C=O) groups excluding carboxylic acids is 1. The average Bonchev–Trinajstić information content (AvgIpc) is 2.35. The second kappa shape index (κ2) is 7.43. The topological polar surface area (TPSA) is 72.8 Å². The molecule has 0 bridgehead atoms. The second-order valence-corrected chi connectivity index (χ2v) is 3.88. The van der Waals surface area contributed by atoms with Crippen LogP contribution in [0.5, 0.6) is 5.75 Å². The van der Waals surface area contributed by atoms with E-state index in [1.807, 2.05) is 0 Å². The van der Waals surface area contributed by atoms with Gasteiger partial charge in [-0.05, 0) is 31.2 Å². The molecule has 102 valence electrons. The molecule has 0 aliphatic rings. The van der Waals surface area contributed by atoms with Gasteiger partial charge in [-0.25, -0.2) is 9.59 Å². The Bertz CT molecular complexity index is 496. The van der Waals surface area contributed by atoms with Crippen molar-refractivity contribution >= 4 is 29.6 Å². The highest BCUT2D eigenvalue weighted by atomic mass is 35.5. The van der Waals surface area contributed by atoms with Crippen LogP contribution in [0.1, 0.15) is 12.5 Å². The van der Waals surface area contributed by atoms with Crippen LogP contribution in [0.2, 0.25) is 5.02 Å². The predicted octanol–water partition coefficient (Wildman–Crippen LogP) is 2.38. The van der Waals surface area contributed by atoms with Gasteiger partial charge in [0.25, 0.3) is 0 Å². The fraction of sp³-hybridized carbons (Fsp3) is 0.231. The van der Waals surface area contributed by atoms with Crippen LogP contribution in [0.15, 0.2) is 24.3 Å². The number of carboxylic acid groups (broad SMARTS) is 1. The molecule has 0 fully saturated rings. The number of hydrogen-bond acceptors (Lipinski definition) is 4. The number of ether oxygens (including phenoxy) is 2. The highest BCUT2D eigenvalue weighted by Gasteiger charge is 2.07. The van der Waals surface area contributed by atoms with Gasteiger partial charge in [0.15, 0.2) is 6.61 Å². The first-order chi connectivity index (χ1) is 9.02. The maximum Gasteiger partial charge on any atom is 0.344 e. The molecule has 1 N–H and O–H groups in total. The molecule has 0 atom stereocenters. The molecular formula is C13H13ClO5. The Balaban J connectivity index is 2.82. The van der Waals surface area contributed by atoms with Gasteiger partial charge in [0.1, 0.15) is 5.75 Å². The minimum absolute atomic E-state index is 0.262. The maximum absolute atomic E-state index is 11.2. The Morgan fingerprint density at radius 2 is 2.16 bits per heavy atom. The monoisotopic (exact) mass is 284 g/mol. The van der Waals surface area contributed by atoms with Crippen molar-refractivity contribution in [2.45, 2.75) is 6.92 Å². The molecule has 6 heteroatoms. The highest BCUT2D eigenvalue weighted by Crippen LogP contribution is 2.24. The fourth-order valence-electron chi connectivity index (χ4n) is 1.27. The SMILES string of the molecule is CCOC(=O)COc1cc(Cl)ccc1/C=C/C(=O)O. The van der Waals surface area contributed by atoms with Crippen molar-refractivity contribution in [3.05, 3.63) is 34.9 Å². The van der Waals surface area contributed by atoms with Crippen LogP contribution in [-0.2, 0) is 14.3 Å². The number of carbonyl (C=O) groups is 2. The largest absolute Gasteiger partial charge is 0.481 e. The van der Waals surface area contributed by atoms with Gasteiger partial charge in [-0.2, -0.15) is 0 Å². The molecule has 0 aromatic heterocycles. The molecule has 0 saturated heterocycles. The molecule has 0 amide bonds. The molecule has 19 heavy (non-hydrogen) atoms. The molecule has 1 aromatic carbocycles. The molecule has 0 heterocycles. The molecule has 1 aromatic rings. The fourth-order valence-corrected chi connectivity index (χ4v) is 1.43. The summed E-state index contributed by atoms with van der Waals surface area (Å²) in [6.45, 7) is 1.70. The lowest BCUT2D eigenvalue weighted by atomic mass is 10.2. The number of carboxylic acids is 1. The van der Waals surface area contributed by atoms with Crippen LogP contribution in [0.25, 0.3) is 6.08 Å². The van der Waals surface area contributed by atoms with Crippen LogP contribution < -0.4 is 4.74 Å². The first kappa shape index (κ1) is 15.0. The van der Waals surface area contributed by atoms with Crippen molar-refractivity contribution in [1.29, 1.82) is 0 Å². The summed E-state index contributed by atoms with van der Waals surface area (Å²) < 4.78 is 9.98. The van der Waals surface area contributed by atoms with Crippen LogP contribution in [0.3, 0.4) is 0 Å². The van der Waals surface area contributed by atoms with Crippen LogP contribution in [0.4, 0.5) is 0 Å². The van der Waals surface area contributed by atoms with Crippen LogP contribution in [0, 0.1) is 0 Å². The van der Waals surface area contributed by atoms with Gasteiger partial charge in [0, 0.05) is 16.7 Å². The van der Waals surface area contributed by atoms with Gasteiger partial charge in [-0.3, -0.25) is 0 Å². The van der Waals surface area contributed by atoms with E-state index < -0.39 is 11.9 Å². The lowest BCUT2D eigenvalue weighted by molar-refractivity contribution is -0.145. The third kappa shape index (κ3) is 5.44. The molecule has 0 saturated carbocycles. The molecule has 0 spiro atoms. The normalized spacial score (nSPS) is 10.4. The van der Waals surface area contributed by atoms with E-state index in [4.69, 9.17) is 26.2 Å². The standard InChI is InChI=1S/C13H13ClO5/c1-2-18-13(17)8-19-11-7-10(14)5-3-9(11)4-6-12(15)16/h3-7H,2,8H2,1H3,(H,15,16)/b6-4+.